The third-order valence-electron chi connectivity index (χ3n) is 6.31. The summed E-state index contributed by atoms with van der Waals surface area (Å²) in [5.41, 5.74) is 12.3. The number of benzene rings is 2. The van der Waals surface area contributed by atoms with Crippen molar-refractivity contribution >= 4 is 5.82 Å². The van der Waals surface area contributed by atoms with E-state index in [1.54, 1.807) is 13.8 Å². The molecule has 0 amide bonds. The molecule has 2 aromatic carbocycles. The first-order valence-corrected chi connectivity index (χ1v) is 9.97. The van der Waals surface area contributed by atoms with Crippen molar-refractivity contribution in [3.8, 4) is 5.69 Å². The molecule has 0 aliphatic carbocycles. The maximum absolute atomic E-state index is 14.1. The van der Waals surface area contributed by atoms with Crippen molar-refractivity contribution in [2.75, 3.05) is 5.73 Å². The van der Waals surface area contributed by atoms with Gasteiger partial charge in [0.25, 0.3) is 0 Å². The van der Waals surface area contributed by atoms with E-state index in [4.69, 9.17) is 10.8 Å². The van der Waals surface area contributed by atoms with Crippen molar-refractivity contribution in [2.24, 2.45) is 0 Å². The van der Waals surface area contributed by atoms with Crippen LogP contribution in [0.15, 0.2) is 42.5 Å². The van der Waals surface area contributed by atoms with Crippen LogP contribution in [0.3, 0.4) is 0 Å². The number of nitrogens with two attached hydrogens (primary N) is 1. The highest BCUT2D eigenvalue weighted by Gasteiger charge is 2.43. The highest BCUT2D eigenvalue weighted by Crippen LogP contribution is 2.46. The minimum atomic E-state index is -0.160. The molecular weight excluding hydrogens is 351 g/mol. The van der Waals surface area contributed by atoms with Gasteiger partial charge in [-0.3, -0.25) is 4.90 Å². The summed E-state index contributed by atoms with van der Waals surface area (Å²) in [5, 5.41) is 4.86. The summed E-state index contributed by atoms with van der Waals surface area (Å²) in [7, 11) is 0. The van der Waals surface area contributed by atoms with Crippen LogP contribution in [-0.4, -0.2) is 20.7 Å². The zero-order valence-electron chi connectivity index (χ0n) is 16.3. The lowest BCUT2D eigenvalue weighted by molar-refractivity contribution is 0.168. The summed E-state index contributed by atoms with van der Waals surface area (Å²) in [6, 6.07) is 15.1. The van der Waals surface area contributed by atoms with Gasteiger partial charge in [0.15, 0.2) is 0 Å². The van der Waals surface area contributed by atoms with Gasteiger partial charge in [0.05, 0.1) is 11.4 Å². The number of fused-ring (bicyclic) bond motifs is 4. The van der Waals surface area contributed by atoms with Crippen LogP contribution < -0.4 is 5.73 Å². The Morgan fingerprint density at radius 3 is 2.54 bits per heavy atom. The third kappa shape index (κ3) is 2.65. The molecule has 5 rings (SSSR count). The maximum Gasteiger partial charge on any atom is 0.132 e. The van der Waals surface area contributed by atoms with Crippen molar-refractivity contribution in [2.45, 2.75) is 51.7 Å². The molecule has 0 spiro atoms. The van der Waals surface area contributed by atoms with Gasteiger partial charge in [0, 0.05) is 30.6 Å². The lowest BCUT2D eigenvalue weighted by atomic mass is 9.98. The molecule has 28 heavy (non-hydrogen) atoms. The molecule has 2 unspecified atom stereocenters. The average molecular weight is 376 g/mol. The van der Waals surface area contributed by atoms with Gasteiger partial charge in [-0.1, -0.05) is 30.3 Å². The van der Waals surface area contributed by atoms with Crippen LogP contribution in [0.1, 0.15) is 46.8 Å². The fourth-order valence-corrected chi connectivity index (χ4v) is 4.97. The van der Waals surface area contributed by atoms with E-state index in [1.807, 2.05) is 16.8 Å². The number of nitrogens with zero attached hydrogens (tertiary/aromatic N) is 3. The van der Waals surface area contributed by atoms with Gasteiger partial charge in [-0.25, -0.2) is 9.07 Å². The van der Waals surface area contributed by atoms with E-state index in [2.05, 4.69) is 35.2 Å². The first-order valence-electron chi connectivity index (χ1n) is 9.97. The SMILES string of the molecule is Cc1cc(-n2nc3c(c2N)C2CCC(C3)N2Cc2ccccc2)cc(C)c1F. The molecular formula is C23H25FN4. The second kappa shape index (κ2) is 6.45. The molecule has 2 atom stereocenters. The Morgan fingerprint density at radius 1 is 1.11 bits per heavy atom. The third-order valence-corrected chi connectivity index (χ3v) is 6.31. The Kier molecular flexibility index (Phi) is 4.02. The highest BCUT2D eigenvalue weighted by atomic mass is 19.1. The predicted molar refractivity (Wildman–Crippen MR) is 109 cm³/mol. The Bertz CT molecular complexity index is 1020. The summed E-state index contributed by atoms with van der Waals surface area (Å²) in [6.45, 7) is 4.51. The van der Waals surface area contributed by atoms with E-state index >= 15 is 0 Å². The summed E-state index contributed by atoms with van der Waals surface area (Å²) in [5.74, 6) is 0.538. The Morgan fingerprint density at radius 2 is 1.82 bits per heavy atom. The fourth-order valence-electron chi connectivity index (χ4n) is 4.97. The molecule has 2 aliphatic heterocycles. The molecule has 3 aromatic rings. The molecule has 0 saturated carbocycles. The van der Waals surface area contributed by atoms with Gasteiger partial charge in [-0.15, -0.1) is 0 Å². The lowest BCUT2D eigenvalue weighted by Gasteiger charge is -2.34. The van der Waals surface area contributed by atoms with Gasteiger partial charge in [-0.2, -0.15) is 5.10 Å². The van der Waals surface area contributed by atoms with E-state index in [1.165, 1.54) is 17.5 Å². The van der Waals surface area contributed by atoms with Crippen LogP contribution in [0.5, 0.6) is 0 Å². The number of rotatable bonds is 3. The minimum absolute atomic E-state index is 0.160. The number of hydrogen-bond donors (Lipinski definition) is 1. The molecule has 3 heterocycles. The van der Waals surface area contributed by atoms with Crippen LogP contribution in [-0.2, 0) is 13.0 Å². The first-order chi connectivity index (χ1) is 13.5. The van der Waals surface area contributed by atoms with Crippen LogP contribution in [0.25, 0.3) is 5.69 Å². The van der Waals surface area contributed by atoms with E-state index in [9.17, 15) is 4.39 Å². The summed E-state index contributed by atoms with van der Waals surface area (Å²) in [4.78, 5) is 2.58. The first kappa shape index (κ1) is 17.4. The molecule has 2 bridgehead atoms. The minimum Gasteiger partial charge on any atom is -0.383 e. The van der Waals surface area contributed by atoms with Gasteiger partial charge >= 0.3 is 0 Å². The van der Waals surface area contributed by atoms with Crippen molar-refractivity contribution in [3.05, 3.63) is 76.2 Å². The summed E-state index contributed by atoms with van der Waals surface area (Å²) >= 11 is 0. The van der Waals surface area contributed by atoms with Gasteiger partial charge in [-0.05, 0) is 55.5 Å². The van der Waals surface area contributed by atoms with Crippen LogP contribution in [0.4, 0.5) is 10.2 Å². The van der Waals surface area contributed by atoms with Crippen LogP contribution >= 0.6 is 0 Å². The van der Waals surface area contributed by atoms with E-state index in [0.29, 0.717) is 29.0 Å². The smallest absolute Gasteiger partial charge is 0.132 e. The number of nitrogen functional groups attached to an aromatic ring is 1. The molecule has 2 aliphatic rings. The monoisotopic (exact) mass is 376 g/mol. The Balaban J connectivity index is 1.53. The standard InChI is InChI=1S/C23H25FN4/c1-14-10-18(11-15(2)22(14)24)28-23(25)21-19(26-28)12-17-8-9-20(21)27(17)13-16-6-4-3-5-7-16/h3-7,10-11,17,20H,8-9,12-13,25H2,1-2H3. The molecule has 5 heteroatoms. The lowest BCUT2D eigenvalue weighted by Crippen LogP contribution is -2.36. The summed E-state index contributed by atoms with van der Waals surface area (Å²) in [6.07, 6.45) is 3.22. The van der Waals surface area contributed by atoms with E-state index in [0.717, 1.165) is 30.8 Å². The molecule has 1 fully saturated rings. The van der Waals surface area contributed by atoms with Crippen molar-refractivity contribution in [1.82, 2.24) is 14.7 Å². The molecule has 1 aromatic heterocycles. The Labute approximate surface area is 164 Å². The second-order valence-electron chi connectivity index (χ2n) is 8.16. The normalized spacial score (nSPS) is 21.1. The zero-order chi connectivity index (χ0) is 19.4. The molecule has 1 saturated heterocycles. The number of aryl methyl sites for hydroxylation is 2. The zero-order valence-corrected chi connectivity index (χ0v) is 16.3. The maximum atomic E-state index is 14.1. The van der Waals surface area contributed by atoms with Crippen molar-refractivity contribution < 1.29 is 4.39 Å². The fraction of sp³-hybridized carbons (Fsp3) is 0.348. The number of halogens is 1. The van der Waals surface area contributed by atoms with Crippen molar-refractivity contribution in [3.63, 3.8) is 0 Å². The van der Waals surface area contributed by atoms with Gasteiger partial charge in [0.2, 0.25) is 0 Å². The van der Waals surface area contributed by atoms with E-state index < -0.39 is 0 Å². The predicted octanol–water partition coefficient (Wildman–Crippen LogP) is 4.47. The van der Waals surface area contributed by atoms with Gasteiger partial charge in [0.1, 0.15) is 11.6 Å². The van der Waals surface area contributed by atoms with Gasteiger partial charge < -0.3 is 5.73 Å². The van der Waals surface area contributed by atoms with Crippen LogP contribution in [0, 0.1) is 19.7 Å². The molecule has 2 N–H and O–H groups in total. The number of anilines is 1. The largest absolute Gasteiger partial charge is 0.383 e. The van der Waals surface area contributed by atoms with Crippen LogP contribution in [0.2, 0.25) is 0 Å². The molecule has 144 valence electrons. The topological polar surface area (TPSA) is 47.1 Å². The van der Waals surface area contributed by atoms with Crippen molar-refractivity contribution in [1.29, 1.82) is 0 Å². The average Bonchev–Trinajstić information content (AvgIpc) is 3.15. The second-order valence-corrected chi connectivity index (χ2v) is 8.16. The van der Waals surface area contributed by atoms with E-state index in [-0.39, 0.29) is 5.82 Å². The number of aromatic nitrogens is 2. The summed E-state index contributed by atoms with van der Waals surface area (Å²) < 4.78 is 15.9. The quantitative estimate of drug-likeness (QED) is 0.733. The number of hydrogen-bond acceptors (Lipinski definition) is 3. The highest BCUT2D eigenvalue weighted by molar-refractivity contribution is 5.54. The Hall–Kier alpha value is -2.66. The molecule has 4 nitrogen and oxygen atoms in total. The molecule has 0 radical (unpaired) electrons.